The number of hydrogen-bond donors (Lipinski definition) is 1. The van der Waals surface area contributed by atoms with E-state index in [4.69, 9.17) is 16.3 Å². The highest BCUT2D eigenvalue weighted by Crippen LogP contribution is 2.32. The fourth-order valence-corrected chi connectivity index (χ4v) is 3.34. The van der Waals surface area contributed by atoms with Gasteiger partial charge in [0.15, 0.2) is 0 Å². The summed E-state index contributed by atoms with van der Waals surface area (Å²) >= 11 is 0.856. The number of hydrogen-bond acceptors (Lipinski definition) is 5. The molecule has 2 aromatic rings. The van der Waals surface area contributed by atoms with Gasteiger partial charge < -0.3 is 9.84 Å². The van der Waals surface area contributed by atoms with Crippen LogP contribution in [0.2, 0.25) is 0 Å². The molecule has 0 aromatic heterocycles. The van der Waals surface area contributed by atoms with Crippen LogP contribution in [0, 0.1) is 12.3 Å². The molecular formula is C21H15NO5S. The molecule has 0 unspecified atom stereocenters. The lowest BCUT2D eigenvalue weighted by atomic mass is 10.1. The van der Waals surface area contributed by atoms with E-state index in [-0.39, 0.29) is 24.0 Å². The molecule has 2 aromatic carbocycles. The molecule has 0 aliphatic carbocycles. The van der Waals surface area contributed by atoms with E-state index in [1.165, 1.54) is 6.07 Å². The Labute approximate surface area is 165 Å². The predicted molar refractivity (Wildman–Crippen MR) is 106 cm³/mol. The molecule has 28 heavy (non-hydrogen) atoms. The van der Waals surface area contributed by atoms with Gasteiger partial charge in [-0.15, -0.1) is 6.42 Å². The van der Waals surface area contributed by atoms with Crippen LogP contribution in [0.5, 0.6) is 5.75 Å². The summed E-state index contributed by atoms with van der Waals surface area (Å²) in [5.74, 6) is 1.50. The molecule has 1 fully saturated rings. The Kier molecular flexibility index (Phi) is 5.82. The van der Waals surface area contributed by atoms with Crippen molar-refractivity contribution in [1.29, 1.82) is 0 Å². The Morgan fingerprint density at radius 1 is 1.21 bits per heavy atom. The monoisotopic (exact) mass is 393 g/mol. The molecule has 0 spiro atoms. The quantitative estimate of drug-likeness (QED) is 0.596. The molecule has 3 rings (SSSR count). The number of nitrogens with zero attached hydrogens (tertiary/aromatic N) is 1. The number of carbonyl (C=O) groups is 3. The Hall–Kier alpha value is -3.50. The van der Waals surface area contributed by atoms with Gasteiger partial charge in [0, 0.05) is 0 Å². The molecular weight excluding hydrogens is 378 g/mol. The highest BCUT2D eigenvalue weighted by Gasteiger charge is 2.34. The summed E-state index contributed by atoms with van der Waals surface area (Å²) in [4.78, 5) is 36.3. The minimum atomic E-state index is -0.988. The van der Waals surface area contributed by atoms with Gasteiger partial charge in [0.25, 0.3) is 11.1 Å². The summed E-state index contributed by atoms with van der Waals surface area (Å²) in [7, 11) is 0. The van der Waals surface area contributed by atoms with Crippen LogP contribution in [0.25, 0.3) is 6.08 Å². The number of carboxylic acids is 1. The highest BCUT2D eigenvalue weighted by atomic mass is 32.2. The van der Waals surface area contributed by atoms with Gasteiger partial charge in [-0.25, -0.2) is 4.79 Å². The normalized spacial score (nSPS) is 15.0. The zero-order valence-electron chi connectivity index (χ0n) is 14.6. The third-order valence-corrected chi connectivity index (χ3v) is 4.79. The number of benzene rings is 2. The topological polar surface area (TPSA) is 83.9 Å². The van der Waals surface area contributed by atoms with Gasteiger partial charge in [-0.2, -0.15) is 0 Å². The average Bonchev–Trinajstić information content (AvgIpc) is 2.95. The van der Waals surface area contributed by atoms with E-state index in [0.717, 1.165) is 27.8 Å². The van der Waals surface area contributed by atoms with Crippen molar-refractivity contribution in [3.8, 4) is 18.1 Å². The van der Waals surface area contributed by atoms with Gasteiger partial charge >= 0.3 is 5.97 Å². The molecule has 0 atom stereocenters. The van der Waals surface area contributed by atoms with Crippen molar-refractivity contribution >= 4 is 35.0 Å². The van der Waals surface area contributed by atoms with Gasteiger partial charge in [-0.05, 0) is 53.2 Å². The number of thioether (sulfide) groups is 1. The Morgan fingerprint density at radius 2 is 1.96 bits per heavy atom. The van der Waals surface area contributed by atoms with Gasteiger partial charge in [0.1, 0.15) is 12.4 Å². The second kappa shape index (κ2) is 8.46. The van der Waals surface area contributed by atoms with Crippen LogP contribution < -0.4 is 4.74 Å². The molecule has 1 N–H and O–H groups in total. The predicted octanol–water partition coefficient (Wildman–Crippen LogP) is 3.63. The molecule has 1 aliphatic rings. The van der Waals surface area contributed by atoms with Crippen LogP contribution in [0.15, 0.2) is 53.4 Å². The van der Waals surface area contributed by atoms with Crippen molar-refractivity contribution in [2.45, 2.75) is 6.61 Å². The smallest absolute Gasteiger partial charge is 0.335 e. The molecule has 140 valence electrons. The van der Waals surface area contributed by atoms with E-state index in [0.29, 0.717) is 10.7 Å². The van der Waals surface area contributed by atoms with E-state index in [9.17, 15) is 14.4 Å². The number of carboxylic acid groups (broad SMARTS) is 1. The fourth-order valence-electron chi connectivity index (χ4n) is 2.50. The summed E-state index contributed by atoms with van der Waals surface area (Å²) in [6.07, 6.45) is 6.80. The summed E-state index contributed by atoms with van der Waals surface area (Å²) in [6, 6.07) is 13.5. The highest BCUT2D eigenvalue weighted by molar-refractivity contribution is 8.18. The number of ether oxygens (including phenoxy) is 1. The molecule has 0 bridgehead atoms. The number of carbonyl (C=O) groups excluding carboxylic acids is 2. The number of amides is 2. The zero-order chi connectivity index (χ0) is 20.1. The van der Waals surface area contributed by atoms with Gasteiger partial charge in [0.05, 0.1) is 17.0 Å². The molecule has 0 radical (unpaired) electrons. The van der Waals surface area contributed by atoms with Crippen LogP contribution in [0.4, 0.5) is 4.79 Å². The van der Waals surface area contributed by atoms with Gasteiger partial charge in [0.2, 0.25) is 0 Å². The van der Waals surface area contributed by atoms with E-state index in [1.807, 2.05) is 0 Å². The molecule has 0 saturated carbocycles. The molecule has 6 nitrogen and oxygen atoms in total. The van der Waals surface area contributed by atoms with Gasteiger partial charge in [-0.1, -0.05) is 30.2 Å². The lowest BCUT2D eigenvalue weighted by Crippen LogP contribution is -2.28. The second-order valence-electron chi connectivity index (χ2n) is 5.84. The summed E-state index contributed by atoms with van der Waals surface area (Å²) in [6.45, 7) is 0.184. The minimum Gasteiger partial charge on any atom is -0.489 e. The first-order chi connectivity index (χ1) is 13.5. The fraction of sp³-hybridized carbons (Fsp3) is 0.0952. The van der Waals surface area contributed by atoms with Crippen molar-refractivity contribution in [2.75, 3.05) is 6.54 Å². The van der Waals surface area contributed by atoms with E-state index in [1.54, 1.807) is 48.5 Å². The van der Waals surface area contributed by atoms with Crippen LogP contribution in [0.1, 0.15) is 21.5 Å². The summed E-state index contributed by atoms with van der Waals surface area (Å²) in [5.41, 5.74) is 1.69. The average molecular weight is 393 g/mol. The van der Waals surface area contributed by atoms with Crippen LogP contribution >= 0.6 is 11.8 Å². The molecule has 7 heteroatoms. The number of aromatic carboxylic acids is 1. The van der Waals surface area contributed by atoms with Gasteiger partial charge in [-0.3, -0.25) is 14.5 Å². The summed E-state index contributed by atoms with van der Waals surface area (Å²) < 4.78 is 5.67. The van der Waals surface area contributed by atoms with Crippen molar-refractivity contribution in [3.63, 3.8) is 0 Å². The first-order valence-electron chi connectivity index (χ1n) is 8.22. The molecule has 1 heterocycles. The van der Waals surface area contributed by atoms with Crippen molar-refractivity contribution in [1.82, 2.24) is 4.90 Å². The number of terminal acetylenes is 1. The standard InChI is InChI=1S/C21H15NO5S/c1-2-10-22-19(23)18(28-21(22)26)12-14-6-8-17(9-7-14)27-13-15-4-3-5-16(11-15)20(24)25/h1,3-9,11-12H,10,13H2,(H,24,25)/b18-12+. The first-order valence-corrected chi connectivity index (χ1v) is 9.03. The third kappa shape index (κ3) is 4.42. The SMILES string of the molecule is C#CCN1C(=O)S/C(=C/c2ccc(OCc3cccc(C(=O)O)c3)cc2)C1=O. The van der Waals surface area contributed by atoms with Crippen LogP contribution in [0.3, 0.4) is 0 Å². The van der Waals surface area contributed by atoms with Crippen molar-refractivity contribution in [2.24, 2.45) is 0 Å². The van der Waals surface area contributed by atoms with Crippen molar-refractivity contribution in [3.05, 3.63) is 70.1 Å². The number of imide groups is 1. The van der Waals surface area contributed by atoms with Crippen molar-refractivity contribution < 1.29 is 24.2 Å². The largest absolute Gasteiger partial charge is 0.489 e. The maximum atomic E-state index is 12.2. The lowest BCUT2D eigenvalue weighted by Gasteiger charge is -2.08. The Balaban J connectivity index is 1.65. The molecule has 2 amide bonds. The first kappa shape index (κ1) is 19.3. The minimum absolute atomic E-state index is 0.0438. The Bertz CT molecular complexity index is 1000. The Morgan fingerprint density at radius 3 is 2.64 bits per heavy atom. The van der Waals surface area contributed by atoms with E-state index < -0.39 is 11.9 Å². The maximum Gasteiger partial charge on any atom is 0.335 e. The molecule has 1 aliphatic heterocycles. The third-order valence-electron chi connectivity index (χ3n) is 3.88. The second-order valence-corrected chi connectivity index (χ2v) is 6.83. The summed E-state index contributed by atoms with van der Waals surface area (Å²) in [5, 5.41) is 8.64. The van der Waals surface area contributed by atoms with Crippen LogP contribution in [-0.4, -0.2) is 33.7 Å². The van der Waals surface area contributed by atoms with E-state index >= 15 is 0 Å². The molecule has 1 saturated heterocycles. The number of rotatable bonds is 6. The zero-order valence-corrected chi connectivity index (χ0v) is 15.4. The van der Waals surface area contributed by atoms with E-state index in [2.05, 4.69) is 5.92 Å². The maximum absolute atomic E-state index is 12.2. The van der Waals surface area contributed by atoms with Crippen LogP contribution in [-0.2, 0) is 11.4 Å². The lowest BCUT2D eigenvalue weighted by molar-refractivity contribution is -0.122.